The van der Waals surface area contributed by atoms with Crippen molar-refractivity contribution in [1.29, 1.82) is 0 Å². The van der Waals surface area contributed by atoms with Crippen molar-refractivity contribution in [2.24, 2.45) is 0 Å². The van der Waals surface area contributed by atoms with Gasteiger partial charge in [0.15, 0.2) is 5.76 Å². The van der Waals surface area contributed by atoms with E-state index in [9.17, 15) is 9.59 Å². The Bertz CT molecular complexity index is 573. The molecule has 1 N–H and O–H groups in total. The average Bonchev–Trinajstić information content (AvgIpc) is 2.92. The van der Waals surface area contributed by atoms with Crippen molar-refractivity contribution in [2.75, 3.05) is 0 Å². The SMILES string of the molecule is Cc1ccc([C@H](C)NC(=O)C(=O)c2ccco2)cn1. The van der Waals surface area contributed by atoms with Crippen LogP contribution in [0.1, 0.15) is 34.8 Å². The first-order chi connectivity index (χ1) is 9.08. The molecule has 2 aromatic rings. The molecule has 98 valence electrons. The highest BCUT2D eigenvalue weighted by Gasteiger charge is 2.20. The molecular formula is C14H14N2O3. The summed E-state index contributed by atoms with van der Waals surface area (Å²) in [5.41, 5.74) is 1.74. The van der Waals surface area contributed by atoms with E-state index in [0.29, 0.717) is 0 Å². The zero-order valence-electron chi connectivity index (χ0n) is 10.7. The molecule has 0 spiro atoms. The minimum atomic E-state index is -0.692. The van der Waals surface area contributed by atoms with Crippen LogP contribution >= 0.6 is 0 Å². The Balaban J connectivity index is 2.02. The number of hydrogen-bond donors (Lipinski definition) is 1. The number of aromatic nitrogens is 1. The van der Waals surface area contributed by atoms with Gasteiger partial charge >= 0.3 is 0 Å². The number of pyridine rings is 1. The van der Waals surface area contributed by atoms with E-state index >= 15 is 0 Å². The zero-order valence-corrected chi connectivity index (χ0v) is 10.7. The summed E-state index contributed by atoms with van der Waals surface area (Å²) >= 11 is 0. The quantitative estimate of drug-likeness (QED) is 0.673. The van der Waals surface area contributed by atoms with Gasteiger partial charge in [-0.25, -0.2) is 0 Å². The maximum atomic E-state index is 11.8. The first-order valence-electron chi connectivity index (χ1n) is 5.89. The topological polar surface area (TPSA) is 72.2 Å². The minimum Gasteiger partial charge on any atom is -0.461 e. The molecule has 0 aliphatic rings. The van der Waals surface area contributed by atoms with E-state index in [1.807, 2.05) is 19.1 Å². The molecule has 0 saturated heterocycles. The molecule has 5 heteroatoms. The fourth-order valence-corrected chi connectivity index (χ4v) is 1.60. The molecule has 0 bridgehead atoms. The van der Waals surface area contributed by atoms with Crippen molar-refractivity contribution in [3.8, 4) is 0 Å². The normalized spacial score (nSPS) is 11.9. The maximum Gasteiger partial charge on any atom is 0.296 e. The summed E-state index contributed by atoms with van der Waals surface area (Å²) in [6.07, 6.45) is 3.03. The van der Waals surface area contributed by atoms with Gasteiger partial charge in [-0.3, -0.25) is 14.6 Å². The van der Waals surface area contributed by atoms with Crippen molar-refractivity contribution in [3.05, 3.63) is 53.7 Å². The molecule has 0 unspecified atom stereocenters. The summed E-state index contributed by atoms with van der Waals surface area (Å²) in [4.78, 5) is 27.6. The lowest BCUT2D eigenvalue weighted by atomic mass is 10.1. The second-order valence-electron chi connectivity index (χ2n) is 4.23. The van der Waals surface area contributed by atoms with E-state index in [1.165, 1.54) is 12.3 Å². The van der Waals surface area contributed by atoms with Crippen LogP contribution in [0.15, 0.2) is 41.1 Å². The van der Waals surface area contributed by atoms with Gasteiger partial charge in [0.2, 0.25) is 0 Å². The number of amides is 1. The lowest BCUT2D eigenvalue weighted by Gasteiger charge is -2.12. The van der Waals surface area contributed by atoms with E-state index in [2.05, 4.69) is 10.3 Å². The fourth-order valence-electron chi connectivity index (χ4n) is 1.60. The van der Waals surface area contributed by atoms with Crippen LogP contribution in [0.4, 0.5) is 0 Å². The van der Waals surface area contributed by atoms with Crippen molar-refractivity contribution >= 4 is 11.7 Å². The molecule has 1 atom stereocenters. The third-order valence-electron chi connectivity index (χ3n) is 2.73. The zero-order chi connectivity index (χ0) is 13.8. The molecule has 5 nitrogen and oxygen atoms in total. The summed E-state index contributed by atoms with van der Waals surface area (Å²) in [5.74, 6) is -1.34. The molecule has 0 saturated carbocycles. The lowest BCUT2D eigenvalue weighted by Crippen LogP contribution is -2.33. The van der Waals surface area contributed by atoms with Crippen molar-refractivity contribution in [1.82, 2.24) is 10.3 Å². The Labute approximate surface area is 110 Å². The van der Waals surface area contributed by atoms with Crippen LogP contribution in [0, 0.1) is 6.92 Å². The van der Waals surface area contributed by atoms with Crippen molar-refractivity contribution in [2.45, 2.75) is 19.9 Å². The van der Waals surface area contributed by atoms with Crippen molar-refractivity contribution in [3.63, 3.8) is 0 Å². The Morgan fingerprint density at radius 2 is 2.11 bits per heavy atom. The van der Waals surface area contributed by atoms with Crippen LogP contribution in [0.25, 0.3) is 0 Å². The third-order valence-corrected chi connectivity index (χ3v) is 2.73. The van der Waals surface area contributed by atoms with Gasteiger partial charge in [0.05, 0.1) is 12.3 Å². The first-order valence-corrected chi connectivity index (χ1v) is 5.89. The molecule has 2 rings (SSSR count). The molecular weight excluding hydrogens is 244 g/mol. The van der Waals surface area contributed by atoms with Gasteiger partial charge in [0.1, 0.15) is 0 Å². The summed E-state index contributed by atoms with van der Waals surface area (Å²) in [6, 6.07) is 6.45. The number of Topliss-reactive ketones (excluding diaryl/α,β-unsaturated/α-hetero) is 1. The highest BCUT2D eigenvalue weighted by atomic mass is 16.3. The number of furan rings is 1. The number of aryl methyl sites for hydroxylation is 1. The Hall–Kier alpha value is -2.43. The predicted molar refractivity (Wildman–Crippen MR) is 68.6 cm³/mol. The Morgan fingerprint density at radius 1 is 1.32 bits per heavy atom. The molecule has 19 heavy (non-hydrogen) atoms. The second kappa shape index (κ2) is 5.48. The van der Waals surface area contributed by atoms with E-state index in [4.69, 9.17) is 4.42 Å². The summed E-state index contributed by atoms with van der Waals surface area (Å²) in [5, 5.41) is 2.62. The largest absolute Gasteiger partial charge is 0.461 e. The molecule has 0 radical (unpaired) electrons. The summed E-state index contributed by atoms with van der Waals surface area (Å²) in [6.45, 7) is 3.67. The van der Waals surface area contributed by atoms with E-state index < -0.39 is 11.7 Å². The van der Waals surface area contributed by atoms with E-state index in [0.717, 1.165) is 11.3 Å². The lowest BCUT2D eigenvalue weighted by molar-refractivity contribution is -0.117. The fraction of sp³-hybridized carbons (Fsp3) is 0.214. The van der Waals surface area contributed by atoms with Gasteiger partial charge in [0.25, 0.3) is 11.7 Å². The number of ketones is 1. The predicted octanol–water partition coefficient (Wildman–Crippen LogP) is 2.04. The van der Waals surface area contributed by atoms with Crippen LogP contribution in [0.2, 0.25) is 0 Å². The number of nitrogens with zero attached hydrogens (tertiary/aromatic N) is 1. The van der Waals surface area contributed by atoms with Crippen molar-refractivity contribution < 1.29 is 14.0 Å². The number of carbonyl (C=O) groups excluding carboxylic acids is 2. The van der Waals surface area contributed by atoms with E-state index in [1.54, 1.807) is 19.2 Å². The van der Waals surface area contributed by atoms with Crippen LogP contribution in [0.3, 0.4) is 0 Å². The number of rotatable bonds is 4. The number of carbonyl (C=O) groups is 2. The first kappa shape index (κ1) is 13.0. The molecule has 0 aliphatic heterocycles. The third kappa shape index (κ3) is 3.07. The van der Waals surface area contributed by atoms with Crippen LogP contribution < -0.4 is 5.32 Å². The van der Waals surface area contributed by atoms with Gasteiger partial charge < -0.3 is 9.73 Å². The molecule has 0 aliphatic carbocycles. The maximum absolute atomic E-state index is 11.8. The van der Waals surface area contributed by atoms with Gasteiger partial charge in [-0.2, -0.15) is 0 Å². The second-order valence-corrected chi connectivity index (χ2v) is 4.23. The van der Waals surface area contributed by atoms with Crippen LogP contribution in [-0.4, -0.2) is 16.7 Å². The number of nitrogens with one attached hydrogen (secondary N) is 1. The molecule has 1 amide bonds. The summed E-state index contributed by atoms with van der Waals surface area (Å²) in [7, 11) is 0. The highest BCUT2D eigenvalue weighted by molar-refractivity contribution is 6.42. The van der Waals surface area contributed by atoms with Gasteiger partial charge in [0, 0.05) is 11.9 Å². The van der Waals surface area contributed by atoms with Crippen LogP contribution in [-0.2, 0) is 4.79 Å². The minimum absolute atomic E-state index is 0.0340. The standard InChI is InChI=1S/C14H14N2O3/c1-9-5-6-11(8-15-9)10(2)16-14(18)13(17)12-4-3-7-19-12/h3-8,10H,1-2H3,(H,16,18)/t10-/m0/s1. The average molecular weight is 258 g/mol. The Kier molecular flexibility index (Phi) is 3.75. The van der Waals surface area contributed by atoms with E-state index in [-0.39, 0.29) is 11.8 Å². The van der Waals surface area contributed by atoms with Gasteiger partial charge in [-0.1, -0.05) is 6.07 Å². The smallest absolute Gasteiger partial charge is 0.296 e. The number of hydrogen-bond acceptors (Lipinski definition) is 4. The molecule has 2 heterocycles. The van der Waals surface area contributed by atoms with Gasteiger partial charge in [-0.15, -0.1) is 0 Å². The van der Waals surface area contributed by atoms with Crippen LogP contribution in [0.5, 0.6) is 0 Å². The molecule has 0 fully saturated rings. The monoisotopic (exact) mass is 258 g/mol. The highest BCUT2D eigenvalue weighted by Crippen LogP contribution is 2.11. The molecule has 0 aromatic carbocycles. The Morgan fingerprint density at radius 3 is 2.68 bits per heavy atom. The van der Waals surface area contributed by atoms with Gasteiger partial charge in [-0.05, 0) is 37.6 Å². The summed E-state index contributed by atoms with van der Waals surface area (Å²) < 4.78 is 4.90. The molecule has 2 aromatic heterocycles.